The summed E-state index contributed by atoms with van der Waals surface area (Å²) >= 11 is 0. The second-order valence-electron chi connectivity index (χ2n) is 13.2. The lowest BCUT2D eigenvalue weighted by Gasteiger charge is -2.26. The van der Waals surface area contributed by atoms with Gasteiger partial charge in [0.05, 0.1) is 40.3 Å². The lowest BCUT2D eigenvalue weighted by molar-refractivity contribution is -0.870. The molecule has 0 aliphatic rings. The van der Waals surface area contributed by atoms with Crippen molar-refractivity contribution in [2.75, 3.05) is 47.5 Å². The molecule has 0 aliphatic carbocycles. The smallest absolute Gasteiger partial charge is 0.306 e. The fourth-order valence-electron chi connectivity index (χ4n) is 4.77. The predicted molar refractivity (Wildman–Crippen MR) is 173 cm³/mol. The third kappa shape index (κ3) is 29.0. The highest BCUT2D eigenvalue weighted by Gasteiger charge is 2.21. The highest BCUT2D eigenvalue weighted by Crippen LogP contribution is 2.14. The van der Waals surface area contributed by atoms with E-state index in [0.717, 1.165) is 44.9 Å². The van der Waals surface area contributed by atoms with E-state index < -0.39 is 24.3 Å². The van der Waals surface area contributed by atoms with Crippen molar-refractivity contribution in [1.82, 2.24) is 0 Å². The third-order valence-electron chi connectivity index (χ3n) is 7.60. The molecule has 0 heterocycles. The molecule has 0 aromatic heterocycles. The average molecular weight is 630 g/mol. The first-order valence-corrected chi connectivity index (χ1v) is 17.7. The molecule has 2 atom stereocenters. The zero-order valence-corrected chi connectivity index (χ0v) is 29.0. The quantitative estimate of drug-likeness (QED) is 0.0359. The van der Waals surface area contributed by atoms with Gasteiger partial charge in [-0.05, 0) is 12.8 Å². The number of carboxylic acids is 1. The summed E-state index contributed by atoms with van der Waals surface area (Å²) in [5.74, 6) is -2.29. The van der Waals surface area contributed by atoms with Crippen LogP contribution < -0.4 is 5.11 Å². The first kappa shape index (κ1) is 42.3. The normalized spacial score (nSPS) is 13.0. The number of carbonyl (C=O) groups excluding carboxylic acids is 3. The Hall–Kier alpha value is -1.71. The summed E-state index contributed by atoms with van der Waals surface area (Å²) in [5, 5.41) is 11.6. The Morgan fingerprint density at radius 1 is 0.591 bits per heavy atom. The molecule has 0 N–H and O–H groups in total. The molecule has 0 fully saturated rings. The van der Waals surface area contributed by atoms with E-state index >= 15 is 0 Å². The van der Waals surface area contributed by atoms with Gasteiger partial charge >= 0.3 is 11.9 Å². The molecule has 9 heteroatoms. The Balaban J connectivity index is 4.51. The van der Waals surface area contributed by atoms with Crippen molar-refractivity contribution in [3.63, 3.8) is 0 Å². The third-order valence-corrected chi connectivity index (χ3v) is 7.60. The first-order chi connectivity index (χ1) is 21.1. The molecule has 44 heavy (non-hydrogen) atoms. The summed E-state index contributed by atoms with van der Waals surface area (Å²) in [4.78, 5) is 36.4. The summed E-state index contributed by atoms with van der Waals surface area (Å²) in [6.45, 7) is 4.65. The number of carboxylic acid groups (broad SMARTS) is 1. The van der Waals surface area contributed by atoms with Gasteiger partial charge in [-0.2, -0.15) is 0 Å². The van der Waals surface area contributed by atoms with Crippen molar-refractivity contribution in [3.8, 4) is 0 Å². The number of nitrogens with zero attached hydrogens (tertiary/aromatic N) is 1. The SMILES string of the molecule is CCCCCCCCCCCCCCCC(=O)OC(COC(=O)CCCCCCCC)COC(OCC[N+](C)(C)C)C(=O)[O-]. The van der Waals surface area contributed by atoms with E-state index in [1.54, 1.807) is 0 Å². The number of esters is 2. The molecular formula is C35H67NO8. The Labute approximate surface area is 269 Å². The zero-order chi connectivity index (χ0) is 32.9. The van der Waals surface area contributed by atoms with Gasteiger partial charge in [-0.3, -0.25) is 9.59 Å². The lowest BCUT2D eigenvalue weighted by atomic mass is 10.0. The minimum Gasteiger partial charge on any atom is -0.545 e. The van der Waals surface area contributed by atoms with Crippen LogP contribution in [0.25, 0.3) is 0 Å². The predicted octanol–water partition coefficient (Wildman–Crippen LogP) is 6.49. The minimum atomic E-state index is -1.61. The van der Waals surface area contributed by atoms with Gasteiger partial charge in [0.25, 0.3) is 0 Å². The lowest BCUT2D eigenvalue weighted by Crippen LogP contribution is -2.44. The fraction of sp³-hybridized carbons (Fsp3) is 0.914. The fourth-order valence-corrected chi connectivity index (χ4v) is 4.77. The van der Waals surface area contributed by atoms with Crippen LogP contribution in [-0.4, -0.2) is 82.3 Å². The summed E-state index contributed by atoms with van der Waals surface area (Å²) in [6.07, 6.45) is 20.2. The maximum atomic E-state index is 12.6. The molecule has 0 aromatic carbocycles. The average Bonchev–Trinajstić information content (AvgIpc) is 2.96. The molecule has 9 nitrogen and oxygen atoms in total. The molecule has 0 rings (SSSR count). The summed E-state index contributed by atoms with van der Waals surface area (Å²) in [5.41, 5.74) is 0. The van der Waals surface area contributed by atoms with Gasteiger partial charge in [0, 0.05) is 12.8 Å². The number of likely N-dealkylation sites (N-methyl/N-ethyl adjacent to an activating group) is 1. The van der Waals surface area contributed by atoms with Crippen molar-refractivity contribution in [1.29, 1.82) is 0 Å². The number of carbonyl (C=O) groups is 3. The molecule has 0 aliphatic heterocycles. The maximum Gasteiger partial charge on any atom is 0.306 e. The summed E-state index contributed by atoms with van der Waals surface area (Å²) < 4.78 is 22.3. The number of ether oxygens (including phenoxy) is 4. The van der Waals surface area contributed by atoms with E-state index in [4.69, 9.17) is 18.9 Å². The van der Waals surface area contributed by atoms with Crippen LogP contribution in [0.15, 0.2) is 0 Å². The molecule has 260 valence electrons. The van der Waals surface area contributed by atoms with Crippen molar-refractivity contribution >= 4 is 17.9 Å². The van der Waals surface area contributed by atoms with Gasteiger partial charge in [0.1, 0.15) is 13.2 Å². The van der Waals surface area contributed by atoms with E-state index in [1.165, 1.54) is 77.0 Å². The molecule has 0 spiro atoms. The molecule has 0 radical (unpaired) electrons. The Kier molecular flexibility index (Phi) is 27.6. The topological polar surface area (TPSA) is 111 Å². The van der Waals surface area contributed by atoms with Crippen molar-refractivity contribution < 1.29 is 42.9 Å². The highest BCUT2D eigenvalue weighted by molar-refractivity contribution is 5.70. The van der Waals surface area contributed by atoms with Crippen LogP contribution in [0.3, 0.4) is 0 Å². The van der Waals surface area contributed by atoms with Gasteiger partial charge in [-0.1, -0.05) is 123 Å². The number of hydrogen-bond donors (Lipinski definition) is 0. The van der Waals surface area contributed by atoms with E-state index in [9.17, 15) is 19.5 Å². The van der Waals surface area contributed by atoms with Crippen molar-refractivity contribution in [2.24, 2.45) is 0 Å². The van der Waals surface area contributed by atoms with Crippen LogP contribution in [0, 0.1) is 0 Å². The number of hydrogen-bond acceptors (Lipinski definition) is 8. The van der Waals surface area contributed by atoms with Crippen LogP contribution in [-0.2, 0) is 33.3 Å². The van der Waals surface area contributed by atoms with Crippen molar-refractivity contribution in [3.05, 3.63) is 0 Å². The molecular weight excluding hydrogens is 562 g/mol. The largest absolute Gasteiger partial charge is 0.545 e. The Morgan fingerprint density at radius 3 is 1.45 bits per heavy atom. The molecule has 0 saturated carbocycles. The van der Waals surface area contributed by atoms with E-state index in [0.29, 0.717) is 17.4 Å². The summed E-state index contributed by atoms with van der Waals surface area (Å²) in [7, 11) is 5.89. The standard InChI is InChI=1S/C35H67NO8/c1-6-8-10-12-14-15-16-17-18-19-20-22-24-26-33(38)44-31(29-42-32(37)25-23-21-13-11-9-7-2)30-43-35(34(39)40)41-28-27-36(3,4)5/h31,35H,6-30H2,1-5H3. The number of quaternary nitrogens is 1. The molecule has 0 amide bonds. The maximum absolute atomic E-state index is 12.6. The van der Waals surface area contributed by atoms with E-state index in [-0.39, 0.29) is 32.2 Å². The van der Waals surface area contributed by atoms with Gasteiger partial charge in [-0.25, -0.2) is 0 Å². The van der Waals surface area contributed by atoms with Crippen LogP contribution in [0.1, 0.15) is 149 Å². The van der Waals surface area contributed by atoms with E-state index in [2.05, 4.69) is 13.8 Å². The second-order valence-corrected chi connectivity index (χ2v) is 13.2. The summed E-state index contributed by atoms with van der Waals surface area (Å²) in [6, 6.07) is 0. The molecule has 2 unspecified atom stereocenters. The van der Waals surface area contributed by atoms with Gasteiger partial charge in [-0.15, -0.1) is 0 Å². The van der Waals surface area contributed by atoms with Gasteiger partial charge in [0.2, 0.25) is 0 Å². The first-order valence-electron chi connectivity index (χ1n) is 17.7. The van der Waals surface area contributed by atoms with Crippen LogP contribution in [0.4, 0.5) is 0 Å². The van der Waals surface area contributed by atoms with E-state index in [1.807, 2.05) is 21.1 Å². The Morgan fingerprint density at radius 2 is 1.02 bits per heavy atom. The van der Waals surface area contributed by atoms with Gasteiger partial charge in [0.15, 0.2) is 12.4 Å². The highest BCUT2D eigenvalue weighted by atomic mass is 16.7. The Bertz CT molecular complexity index is 709. The molecule has 0 aromatic rings. The number of aliphatic carboxylic acids is 1. The van der Waals surface area contributed by atoms with Crippen LogP contribution in [0.2, 0.25) is 0 Å². The minimum absolute atomic E-state index is 0.152. The second kappa shape index (κ2) is 28.7. The molecule has 0 bridgehead atoms. The van der Waals surface area contributed by atoms with Crippen LogP contribution in [0.5, 0.6) is 0 Å². The number of rotatable bonds is 32. The number of unbranched alkanes of at least 4 members (excludes halogenated alkanes) is 17. The van der Waals surface area contributed by atoms with Crippen LogP contribution >= 0.6 is 0 Å². The van der Waals surface area contributed by atoms with Gasteiger partial charge < -0.3 is 33.3 Å². The monoisotopic (exact) mass is 629 g/mol. The zero-order valence-electron chi connectivity index (χ0n) is 29.0. The molecule has 0 saturated heterocycles. The van der Waals surface area contributed by atoms with Crippen molar-refractivity contribution in [2.45, 2.75) is 161 Å².